The lowest BCUT2D eigenvalue weighted by molar-refractivity contribution is -0.197. The van der Waals surface area contributed by atoms with Crippen molar-refractivity contribution in [3.05, 3.63) is 29.8 Å². The van der Waals surface area contributed by atoms with Crippen LogP contribution in [0.5, 0.6) is 5.75 Å². The smallest absolute Gasteiger partial charge is 0.245 e. The summed E-state index contributed by atoms with van der Waals surface area (Å²) in [6.07, 6.45) is 1.48. The van der Waals surface area contributed by atoms with Crippen molar-refractivity contribution in [3.63, 3.8) is 0 Å². The van der Waals surface area contributed by atoms with E-state index in [1.165, 1.54) is 0 Å². The molecule has 1 fully saturated rings. The van der Waals surface area contributed by atoms with Crippen LogP contribution in [0, 0.1) is 23.2 Å². The summed E-state index contributed by atoms with van der Waals surface area (Å²) in [5, 5.41) is 32.4. The van der Waals surface area contributed by atoms with Gasteiger partial charge in [-0.2, -0.15) is 0 Å². The van der Waals surface area contributed by atoms with Gasteiger partial charge in [-0.15, -0.1) is 11.8 Å². The quantitative estimate of drug-likeness (QED) is 0.292. The number of hydrogen-bond acceptors (Lipinski definition) is 10. The monoisotopic (exact) mass is 801 g/mol. The van der Waals surface area contributed by atoms with Crippen LogP contribution in [0.3, 0.4) is 0 Å². The number of aliphatic imine (C=N–C) groups is 1. The van der Waals surface area contributed by atoms with Crippen molar-refractivity contribution in [1.82, 2.24) is 20.9 Å². The first kappa shape index (κ1) is 45.5. The number of thioether (sulfide) groups is 1. The van der Waals surface area contributed by atoms with Gasteiger partial charge in [0.15, 0.2) is 6.29 Å². The Balaban J connectivity index is 1.63. The van der Waals surface area contributed by atoms with Crippen molar-refractivity contribution in [2.45, 2.75) is 155 Å². The maximum atomic E-state index is 14.3. The summed E-state index contributed by atoms with van der Waals surface area (Å²) in [5.41, 5.74) is 0.452. The zero-order valence-corrected chi connectivity index (χ0v) is 35.7. The van der Waals surface area contributed by atoms with Gasteiger partial charge in [0.2, 0.25) is 23.6 Å². The van der Waals surface area contributed by atoms with Gasteiger partial charge >= 0.3 is 0 Å². The SMILES string of the molecule is CC[C@H](C)[C@@H]1NC(=O)[C@H](C)NC(=O)[C@H](Cc2ccc(OC)cc2)NC(=O)CC[C@H]2CSC(=N2)[C@H](C)[C@@H](O)C[C@H](C)C[C@@H](C(C)(C)C)OC(O)[C@@H]2CCCN2C1=O. The second-order valence-corrected chi connectivity index (χ2v) is 18.3. The van der Waals surface area contributed by atoms with Crippen LogP contribution in [-0.2, 0) is 30.3 Å². The molecule has 1 saturated heterocycles. The predicted octanol–water partition coefficient (Wildman–Crippen LogP) is 4.22. The number of benzene rings is 1. The number of nitrogens with zero attached hydrogens (tertiary/aromatic N) is 2. The van der Waals surface area contributed by atoms with E-state index in [0.717, 1.165) is 10.6 Å². The van der Waals surface area contributed by atoms with Crippen LogP contribution in [0.25, 0.3) is 0 Å². The average molecular weight is 802 g/mol. The van der Waals surface area contributed by atoms with Crippen molar-refractivity contribution < 1.29 is 38.9 Å². The van der Waals surface area contributed by atoms with Crippen LogP contribution < -0.4 is 20.7 Å². The normalized spacial score (nSPS) is 32.9. The van der Waals surface area contributed by atoms with Crippen LogP contribution in [-0.4, -0.2) is 112 Å². The Labute approximate surface area is 337 Å². The molecule has 0 aromatic heterocycles. The third-order valence-electron chi connectivity index (χ3n) is 11.6. The molecule has 4 rings (SSSR count). The minimum Gasteiger partial charge on any atom is -0.497 e. The summed E-state index contributed by atoms with van der Waals surface area (Å²) < 4.78 is 11.7. The van der Waals surface area contributed by atoms with E-state index in [1.807, 2.05) is 32.9 Å². The predicted molar refractivity (Wildman–Crippen MR) is 219 cm³/mol. The zero-order valence-electron chi connectivity index (χ0n) is 34.9. The number of fused-ring (bicyclic) bond motifs is 2. The maximum Gasteiger partial charge on any atom is 0.245 e. The summed E-state index contributed by atoms with van der Waals surface area (Å²) in [4.78, 5) is 61.7. The number of amides is 4. The molecular weight excluding hydrogens is 735 g/mol. The van der Waals surface area contributed by atoms with Crippen LogP contribution in [0.1, 0.15) is 106 Å². The van der Waals surface area contributed by atoms with Gasteiger partial charge < -0.3 is 40.5 Å². The Morgan fingerprint density at radius 1 is 1.00 bits per heavy atom. The maximum absolute atomic E-state index is 14.3. The Hall–Kier alpha value is -3.20. The number of nitrogens with one attached hydrogen (secondary N) is 3. The van der Waals surface area contributed by atoms with Gasteiger partial charge in [-0.3, -0.25) is 24.2 Å². The lowest BCUT2D eigenvalue weighted by Gasteiger charge is -2.39. The van der Waals surface area contributed by atoms with Crippen molar-refractivity contribution in [2.24, 2.45) is 28.2 Å². The van der Waals surface area contributed by atoms with E-state index < -0.39 is 48.4 Å². The highest BCUT2D eigenvalue weighted by Gasteiger charge is 2.42. The third kappa shape index (κ3) is 12.4. The summed E-state index contributed by atoms with van der Waals surface area (Å²) in [6.45, 7) is 16.0. The highest BCUT2D eigenvalue weighted by atomic mass is 32.2. The van der Waals surface area contributed by atoms with Crippen molar-refractivity contribution in [3.8, 4) is 5.75 Å². The van der Waals surface area contributed by atoms with Gasteiger partial charge in [-0.05, 0) is 74.0 Å². The molecule has 0 saturated carbocycles. The van der Waals surface area contributed by atoms with E-state index in [-0.39, 0.29) is 60.0 Å². The summed E-state index contributed by atoms with van der Waals surface area (Å²) >= 11 is 1.61. The van der Waals surface area contributed by atoms with Crippen LogP contribution in [0.15, 0.2) is 29.3 Å². The average Bonchev–Trinajstić information content (AvgIpc) is 3.85. The molecule has 14 heteroatoms. The van der Waals surface area contributed by atoms with Gasteiger partial charge in [0.05, 0.1) is 36.4 Å². The molecule has 3 heterocycles. The second kappa shape index (κ2) is 20.5. The van der Waals surface area contributed by atoms with E-state index in [4.69, 9.17) is 14.5 Å². The van der Waals surface area contributed by atoms with Crippen LogP contribution in [0.4, 0.5) is 0 Å². The van der Waals surface area contributed by atoms with Crippen LogP contribution >= 0.6 is 11.8 Å². The van der Waals surface area contributed by atoms with E-state index in [0.29, 0.717) is 56.6 Å². The molecule has 13 nitrogen and oxygen atoms in total. The highest BCUT2D eigenvalue weighted by Crippen LogP contribution is 2.34. The number of carbonyl (C=O) groups is 4. The lowest BCUT2D eigenvalue weighted by atomic mass is 9.81. The molecule has 1 aromatic carbocycles. The highest BCUT2D eigenvalue weighted by molar-refractivity contribution is 8.14. The van der Waals surface area contributed by atoms with Gasteiger partial charge in [0.25, 0.3) is 0 Å². The van der Waals surface area contributed by atoms with Gasteiger partial charge in [-0.1, -0.05) is 67.0 Å². The molecule has 2 bridgehead atoms. The Morgan fingerprint density at radius 2 is 1.70 bits per heavy atom. The number of ether oxygens (including phenoxy) is 2. The van der Waals surface area contributed by atoms with E-state index >= 15 is 0 Å². The first-order valence-corrected chi connectivity index (χ1v) is 21.5. The number of methoxy groups -OCH3 is 1. The summed E-state index contributed by atoms with van der Waals surface area (Å²) in [7, 11) is 1.57. The fourth-order valence-corrected chi connectivity index (χ4v) is 8.85. The molecule has 0 aliphatic carbocycles. The molecule has 314 valence electrons. The number of carbonyl (C=O) groups excluding carboxylic acids is 4. The third-order valence-corrected chi connectivity index (χ3v) is 12.9. The van der Waals surface area contributed by atoms with Gasteiger partial charge in [-0.25, -0.2) is 0 Å². The zero-order chi connectivity index (χ0) is 41.3. The van der Waals surface area contributed by atoms with Crippen LogP contribution in [0.2, 0.25) is 0 Å². The first-order valence-electron chi connectivity index (χ1n) is 20.5. The lowest BCUT2D eigenvalue weighted by Crippen LogP contribution is -2.59. The standard InChI is InChI=1S/C42H67N5O8S/c1-10-25(3)36-40(52)47-19-11-12-32(47)41(53)55-34(42(6,7)8)21-24(2)20-33(48)26(4)39-44-29(23-56-39)15-18-35(49)45-31(38(51)43-27(5)37(50)46-36)22-28-13-16-30(54-9)17-14-28/h13-14,16-17,24-27,29,31-34,36,41,48,53H,10-12,15,18-23H2,1-9H3,(H,43,51)(H,45,49)(H,46,50)/t24-,25-,26+,27-,29-,31-,32-,33-,34-,36-,41?/m0/s1. The number of rotatable bonds is 5. The largest absolute Gasteiger partial charge is 0.497 e. The van der Waals surface area contributed by atoms with Crippen molar-refractivity contribution in [1.29, 1.82) is 0 Å². The van der Waals surface area contributed by atoms with E-state index in [1.54, 1.807) is 42.8 Å². The molecule has 1 unspecified atom stereocenters. The molecule has 5 N–H and O–H groups in total. The summed E-state index contributed by atoms with van der Waals surface area (Å²) in [5.74, 6) is -0.697. The minimum atomic E-state index is -1.25. The van der Waals surface area contributed by atoms with Gasteiger partial charge in [0.1, 0.15) is 23.9 Å². The van der Waals surface area contributed by atoms with Gasteiger partial charge in [0, 0.05) is 31.1 Å². The molecular formula is C42H67N5O8S. The molecule has 56 heavy (non-hydrogen) atoms. The Bertz CT molecular complexity index is 1520. The molecule has 0 spiro atoms. The molecule has 3 aliphatic rings. The Morgan fingerprint density at radius 3 is 2.34 bits per heavy atom. The second-order valence-electron chi connectivity index (χ2n) is 17.3. The molecule has 3 aliphatic heterocycles. The number of aliphatic hydroxyl groups is 2. The topological polar surface area (TPSA) is 179 Å². The fraction of sp³-hybridized carbons (Fsp3) is 0.738. The number of aliphatic hydroxyl groups excluding tert-OH is 2. The minimum absolute atomic E-state index is 0.0559. The van der Waals surface area contributed by atoms with E-state index in [2.05, 4.69) is 43.6 Å². The van der Waals surface area contributed by atoms with E-state index in [9.17, 15) is 29.4 Å². The number of hydrogen-bond donors (Lipinski definition) is 5. The first-order chi connectivity index (χ1) is 26.4. The molecule has 11 atom stereocenters. The van der Waals surface area contributed by atoms with Crippen molar-refractivity contribution in [2.75, 3.05) is 19.4 Å². The molecule has 0 radical (unpaired) electrons. The molecule has 4 amide bonds. The van der Waals surface area contributed by atoms with Crippen molar-refractivity contribution >= 4 is 40.4 Å². The molecule has 1 aromatic rings. The Kier molecular flexibility index (Phi) is 16.6. The fourth-order valence-electron chi connectivity index (χ4n) is 7.60. The summed E-state index contributed by atoms with van der Waals surface area (Å²) in [6, 6.07) is 3.60.